The highest BCUT2D eigenvalue weighted by Crippen LogP contribution is 2.28. The summed E-state index contributed by atoms with van der Waals surface area (Å²) in [6.45, 7) is 1.43. The Morgan fingerprint density at radius 1 is 1.24 bits per heavy atom. The zero-order chi connectivity index (χ0) is 11.7. The molecule has 1 aromatic heterocycles. The zero-order valence-electron chi connectivity index (χ0n) is 9.50. The third-order valence-corrected chi connectivity index (χ3v) is 3.25. The van der Waals surface area contributed by atoms with Crippen molar-refractivity contribution in [3.63, 3.8) is 0 Å². The van der Waals surface area contributed by atoms with E-state index in [9.17, 15) is 5.11 Å². The summed E-state index contributed by atoms with van der Waals surface area (Å²) in [7, 11) is 0. The minimum atomic E-state index is -0.799. The van der Waals surface area contributed by atoms with Gasteiger partial charge in [0.2, 0.25) is 0 Å². The van der Waals surface area contributed by atoms with Crippen LogP contribution in [0.25, 0.3) is 5.69 Å². The molecule has 1 atom stereocenters. The summed E-state index contributed by atoms with van der Waals surface area (Å²) < 4.78 is 1.81. The van der Waals surface area contributed by atoms with Crippen LogP contribution in [-0.2, 0) is 5.60 Å². The molecule has 88 valence electrons. The molecular formula is C13H15N3O. The van der Waals surface area contributed by atoms with Crippen molar-refractivity contribution >= 4 is 0 Å². The van der Waals surface area contributed by atoms with Crippen LogP contribution in [-0.4, -0.2) is 28.0 Å². The average Bonchev–Trinajstić information content (AvgIpc) is 2.99. The first kappa shape index (κ1) is 10.5. The molecule has 0 spiro atoms. The minimum absolute atomic E-state index is 0.589. The van der Waals surface area contributed by atoms with Gasteiger partial charge in [0.1, 0.15) is 5.60 Å². The van der Waals surface area contributed by atoms with Gasteiger partial charge < -0.3 is 10.4 Å². The van der Waals surface area contributed by atoms with Gasteiger partial charge >= 0.3 is 0 Å². The fourth-order valence-electron chi connectivity index (χ4n) is 2.33. The second-order valence-electron chi connectivity index (χ2n) is 4.42. The van der Waals surface area contributed by atoms with Crippen molar-refractivity contribution in [2.45, 2.75) is 12.0 Å². The van der Waals surface area contributed by atoms with Crippen molar-refractivity contribution in [2.24, 2.45) is 0 Å². The van der Waals surface area contributed by atoms with Crippen molar-refractivity contribution in [1.29, 1.82) is 0 Å². The zero-order valence-corrected chi connectivity index (χ0v) is 9.50. The Morgan fingerprint density at radius 3 is 2.76 bits per heavy atom. The smallest absolute Gasteiger partial charge is 0.120 e. The molecule has 4 heteroatoms. The average molecular weight is 229 g/mol. The maximum atomic E-state index is 10.6. The van der Waals surface area contributed by atoms with E-state index in [-0.39, 0.29) is 0 Å². The van der Waals surface area contributed by atoms with Crippen LogP contribution < -0.4 is 5.32 Å². The van der Waals surface area contributed by atoms with E-state index in [1.54, 1.807) is 6.20 Å². The summed E-state index contributed by atoms with van der Waals surface area (Å²) in [5.74, 6) is 0. The van der Waals surface area contributed by atoms with Gasteiger partial charge in [-0.1, -0.05) is 18.2 Å². The summed E-state index contributed by atoms with van der Waals surface area (Å²) in [4.78, 5) is 0. The molecule has 17 heavy (non-hydrogen) atoms. The predicted molar refractivity (Wildman–Crippen MR) is 64.9 cm³/mol. The Kier molecular flexibility index (Phi) is 2.46. The fourth-order valence-corrected chi connectivity index (χ4v) is 2.33. The third-order valence-electron chi connectivity index (χ3n) is 3.25. The van der Waals surface area contributed by atoms with Crippen molar-refractivity contribution in [1.82, 2.24) is 15.1 Å². The molecule has 2 aromatic rings. The number of benzene rings is 1. The van der Waals surface area contributed by atoms with Gasteiger partial charge in [-0.25, -0.2) is 4.68 Å². The first-order valence-corrected chi connectivity index (χ1v) is 5.83. The summed E-state index contributed by atoms with van der Waals surface area (Å²) in [6, 6.07) is 11.8. The molecule has 1 fully saturated rings. The van der Waals surface area contributed by atoms with Crippen LogP contribution in [0.3, 0.4) is 0 Å². The summed E-state index contributed by atoms with van der Waals surface area (Å²) in [6.07, 6.45) is 2.46. The monoisotopic (exact) mass is 229 g/mol. The van der Waals surface area contributed by atoms with Crippen molar-refractivity contribution in [3.8, 4) is 5.69 Å². The third kappa shape index (κ3) is 1.75. The van der Waals surface area contributed by atoms with E-state index in [1.807, 2.05) is 41.1 Å². The lowest BCUT2D eigenvalue weighted by Crippen LogP contribution is -2.31. The van der Waals surface area contributed by atoms with Crippen LogP contribution in [0.2, 0.25) is 0 Å². The SMILES string of the molecule is OC1(c2ccnn2-c2ccccc2)CCNC1. The van der Waals surface area contributed by atoms with E-state index >= 15 is 0 Å². The van der Waals surface area contributed by atoms with E-state index in [4.69, 9.17) is 0 Å². The first-order valence-electron chi connectivity index (χ1n) is 5.83. The lowest BCUT2D eigenvalue weighted by molar-refractivity contribution is 0.0516. The van der Waals surface area contributed by atoms with Gasteiger partial charge in [-0.05, 0) is 31.2 Å². The molecule has 2 N–H and O–H groups in total. The highest BCUT2D eigenvalue weighted by molar-refractivity contribution is 5.34. The second-order valence-corrected chi connectivity index (χ2v) is 4.42. The quantitative estimate of drug-likeness (QED) is 0.809. The molecule has 0 amide bonds. The lowest BCUT2D eigenvalue weighted by Gasteiger charge is -2.22. The van der Waals surface area contributed by atoms with Gasteiger partial charge in [-0.2, -0.15) is 5.10 Å². The van der Waals surface area contributed by atoms with E-state index in [2.05, 4.69) is 10.4 Å². The lowest BCUT2D eigenvalue weighted by atomic mass is 9.99. The molecule has 2 heterocycles. The van der Waals surface area contributed by atoms with Crippen LogP contribution >= 0.6 is 0 Å². The highest BCUT2D eigenvalue weighted by Gasteiger charge is 2.36. The van der Waals surface area contributed by atoms with E-state index in [0.717, 1.165) is 24.3 Å². The van der Waals surface area contributed by atoms with Crippen LogP contribution in [0.15, 0.2) is 42.6 Å². The number of aromatic nitrogens is 2. The maximum Gasteiger partial charge on any atom is 0.120 e. The number of β-amino-alcohol motifs (C(OH)–C–C–N with tert-alkyl or cyclic N) is 1. The first-order chi connectivity index (χ1) is 8.30. The fraction of sp³-hybridized carbons (Fsp3) is 0.308. The Morgan fingerprint density at radius 2 is 2.06 bits per heavy atom. The van der Waals surface area contributed by atoms with Gasteiger partial charge in [0.25, 0.3) is 0 Å². The van der Waals surface area contributed by atoms with Crippen LogP contribution in [0.1, 0.15) is 12.1 Å². The second kappa shape index (κ2) is 3.98. The molecule has 1 unspecified atom stereocenters. The van der Waals surface area contributed by atoms with E-state index in [0.29, 0.717) is 6.54 Å². The van der Waals surface area contributed by atoms with E-state index < -0.39 is 5.60 Å². The molecule has 0 aliphatic carbocycles. The van der Waals surface area contributed by atoms with Gasteiger partial charge in [-0.3, -0.25) is 0 Å². The number of aliphatic hydroxyl groups is 1. The standard InChI is InChI=1S/C13H15N3O/c17-13(7-9-14-10-13)12-6-8-15-16(12)11-4-2-1-3-5-11/h1-6,8,14,17H,7,9-10H2. The van der Waals surface area contributed by atoms with Crippen LogP contribution in [0.5, 0.6) is 0 Å². The number of nitrogens with one attached hydrogen (secondary N) is 1. The molecule has 0 bridgehead atoms. The molecule has 1 aromatic carbocycles. The Labute approximate surface area is 99.9 Å². The number of hydrogen-bond donors (Lipinski definition) is 2. The number of para-hydroxylation sites is 1. The van der Waals surface area contributed by atoms with Gasteiger partial charge in [0.15, 0.2) is 0 Å². The molecule has 3 rings (SSSR count). The van der Waals surface area contributed by atoms with Crippen LogP contribution in [0.4, 0.5) is 0 Å². The van der Waals surface area contributed by atoms with Crippen molar-refractivity contribution in [3.05, 3.63) is 48.3 Å². The Bertz CT molecular complexity index is 500. The summed E-state index contributed by atoms with van der Waals surface area (Å²) in [5.41, 5.74) is 1.04. The molecule has 0 saturated carbocycles. The summed E-state index contributed by atoms with van der Waals surface area (Å²) in [5, 5.41) is 18.1. The summed E-state index contributed by atoms with van der Waals surface area (Å²) >= 11 is 0. The molecule has 0 radical (unpaired) electrons. The van der Waals surface area contributed by atoms with Crippen molar-refractivity contribution in [2.75, 3.05) is 13.1 Å². The molecule has 1 aliphatic rings. The topological polar surface area (TPSA) is 50.1 Å². The number of hydrogen-bond acceptors (Lipinski definition) is 3. The van der Waals surface area contributed by atoms with Crippen molar-refractivity contribution < 1.29 is 5.11 Å². The molecule has 1 saturated heterocycles. The highest BCUT2D eigenvalue weighted by atomic mass is 16.3. The van der Waals surface area contributed by atoms with Gasteiger partial charge in [0, 0.05) is 12.7 Å². The Hall–Kier alpha value is -1.65. The Balaban J connectivity index is 2.05. The predicted octanol–water partition coefficient (Wildman–Crippen LogP) is 1.05. The van der Waals surface area contributed by atoms with Gasteiger partial charge in [0.05, 0.1) is 11.4 Å². The minimum Gasteiger partial charge on any atom is -0.382 e. The molecule has 1 aliphatic heterocycles. The largest absolute Gasteiger partial charge is 0.382 e. The number of rotatable bonds is 2. The maximum absolute atomic E-state index is 10.6. The molecule has 4 nitrogen and oxygen atoms in total. The number of nitrogens with zero attached hydrogens (tertiary/aromatic N) is 2. The normalized spacial score (nSPS) is 24.1. The van der Waals surface area contributed by atoms with Gasteiger partial charge in [-0.15, -0.1) is 0 Å². The van der Waals surface area contributed by atoms with E-state index in [1.165, 1.54) is 0 Å². The molecular weight excluding hydrogens is 214 g/mol. The van der Waals surface area contributed by atoms with Crippen LogP contribution in [0, 0.1) is 0 Å².